The van der Waals surface area contributed by atoms with Crippen LogP contribution in [-0.4, -0.2) is 0 Å². The molecule has 0 aromatic heterocycles. The second-order valence-corrected chi connectivity index (χ2v) is 3.40. The van der Waals surface area contributed by atoms with Gasteiger partial charge in [0.05, 0.1) is 0 Å². The van der Waals surface area contributed by atoms with Gasteiger partial charge in [0, 0.05) is 0 Å². The van der Waals surface area contributed by atoms with Crippen molar-refractivity contribution >= 4 is 12.2 Å². The van der Waals surface area contributed by atoms with E-state index in [4.69, 9.17) is 0 Å². The van der Waals surface area contributed by atoms with Gasteiger partial charge in [-0.05, 0) is 23.3 Å². The topological polar surface area (TPSA) is 70.0 Å². The van der Waals surface area contributed by atoms with E-state index in [1.807, 2.05) is 72.8 Å². The van der Waals surface area contributed by atoms with E-state index in [1.54, 1.807) is 0 Å². The Morgan fingerprint density at radius 3 is 1.22 bits per heavy atom. The minimum absolute atomic E-state index is 0. The van der Waals surface area contributed by atoms with E-state index in [1.165, 1.54) is 0 Å². The highest BCUT2D eigenvalue weighted by molar-refractivity contribution is 5.52. The molecule has 92 valence electrons. The van der Waals surface area contributed by atoms with Gasteiger partial charge in [-0.2, -0.15) is 0 Å². The third-order valence-corrected chi connectivity index (χ3v) is 2.16. The Hall–Kier alpha value is -2.34. The van der Waals surface area contributed by atoms with Crippen molar-refractivity contribution in [3.8, 4) is 0 Å². The lowest BCUT2D eigenvalue weighted by Gasteiger charge is -1.86. The summed E-state index contributed by atoms with van der Waals surface area (Å²) in [4.78, 5) is 0. The maximum Gasteiger partial charge on any atom is -0.00427 e. The van der Waals surface area contributed by atoms with Gasteiger partial charge >= 0.3 is 0 Å². The second kappa shape index (κ2) is 8.77. The Bertz CT molecular complexity index is 480. The minimum Gasteiger partial charge on any atom is -0.344 e. The highest BCUT2D eigenvalue weighted by Gasteiger charge is 1.80. The molecule has 2 rings (SSSR count). The normalized spacial score (nSPS) is 7.78. The fourth-order valence-corrected chi connectivity index (χ4v) is 1.35. The SMILES string of the molecule is C(=C=Cc1ccccc1)=Cc1ccccc1.N.N. The molecule has 2 aromatic carbocycles. The summed E-state index contributed by atoms with van der Waals surface area (Å²) in [6.45, 7) is 0. The lowest BCUT2D eigenvalue weighted by atomic mass is 10.2. The van der Waals surface area contributed by atoms with Crippen LogP contribution in [0.15, 0.2) is 72.1 Å². The van der Waals surface area contributed by atoms with Gasteiger partial charge in [0.1, 0.15) is 0 Å². The lowest BCUT2D eigenvalue weighted by Crippen LogP contribution is -1.66. The maximum atomic E-state index is 3.02. The number of hydrogen-bond acceptors (Lipinski definition) is 2. The Morgan fingerprint density at radius 1 is 0.556 bits per heavy atom. The monoisotopic (exact) mass is 238 g/mol. The first-order valence-electron chi connectivity index (χ1n) is 5.23. The van der Waals surface area contributed by atoms with Crippen LogP contribution < -0.4 is 12.3 Å². The van der Waals surface area contributed by atoms with Crippen LogP contribution in [0.2, 0.25) is 0 Å². The van der Waals surface area contributed by atoms with E-state index in [9.17, 15) is 0 Å². The minimum atomic E-state index is 0. The zero-order chi connectivity index (χ0) is 11.1. The molecule has 0 saturated carbocycles. The Morgan fingerprint density at radius 2 is 0.889 bits per heavy atom. The third kappa shape index (κ3) is 5.13. The quantitative estimate of drug-likeness (QED) is 0.756. The van der Waals surface area contributed by atoms with Crippen LogP contribution in [0.4, 0.5) is 0 Å². The van der Waals surface area contributed by atoms with E-state index in [2.05, 4.69) is 11.5 Å². The van der Waals surface area contributed by atoms with Crippen molar-refractivity contribution in [1.82, 2.24) is 12.3 Å². The van der Waals surface area contributed by atoms with Gasteiger partial charge in [0.15, 0.2) is 0 Å². The molecule has 0 aliphatic carbocycles. The zero-order valence-electron chi connectivity index (χ0n) is 10.3. The molecular weight excluding hydrogens is 220 g/mol. The molecule has 0 bridgehead atoms. The fraction of sp³-hybridized carbons (Fsp3) is 0. The van der Waals surface area contributed by atoms with Crippen LogP contribution in [0.1, 0.15) is 11.1 Å². The first kappa shape index (κ1) is 15.7. The van der Waals surface area contributed by atoms with Gasteiger partial charge < -0.3 is 12.3 Å². The van der Waals surface area contributed by atoms with Crippen molar-refractivity contribution in [2.45, 2.75) is 0 Å². The molecule has 0 saturated heterocycles. The van der Waals surface area contributed by atoms with Crippen molar-refractivity contribution in [3.05, 3.63) is 83.3 Å². The number of rotatable bonds is 2. The second-order valence-electron chi connectivity index (χ2n) is 3.40. The zero-order valence-corrected chi connectivity index (χ0v) is 10.3. The van der Waals surface area contributed by atoms with Crippen molar-refractivity contribution < 1.29 is 0 Å². The fourth-order valence-electron chi connectivity index (χ4n) is 1.35. The summed E-state index contributed by atoms with van der Waals surface area (Å²) in [5.74, 6) is 0. The number of benzene rings is 2. The molecule has 0 fully saturated rings. The summed E-state index contributed by atoms with van der Waals surface area (Å²) in [5.41, 5.74) is 8.31. The van der Waals surface area contributed by atoms with Gasteiger partial charge in [-0.1, -0.05) is 72.1 Å². The summed E-state index contributed by atoms with van der Waals surface area (Å²) in [6, 6.07) is 20.2. The molecule has 2 heteroatoms. The van der Waals surface area contributed by atoms with E-state index in [0.717, 1.165) is 11.1 Å². The van der Waals surface area contributed by atoms with Crippen LogP contribution in [0, 0.1) is 0 Å². The Kier molecular flexibility index (Phi) is 7.63. The molecule has 0 heterocycles. The molecule has 2 aromatic rings. The summed E-state index contributed by atoms with van der Waals surface area (Å²) in [6.07, 6.45) is 3.83. The van der Waals surface area contributed by atoms with Gasteiger partial charge in [-0.25, -0.2) is 0 Å². The summed E-state index contributed by atoms with van der Waals surface area (Å²) in [7, 11) is 0. The average molecular weight is 238 g/mol. The predicted octanol–water partition coefficient (Wildman–Crippen LogP) is 4.49. The van der Waals surface area contributed by atoms with Crippen LogP contribution in [0.3, 0.4) is 0 Å². The third-order valence-electron chi connectivity index (χ3n) is 2.16. The van der Waals surface area contributed by atoms with Gasteiger partial charge in [-0.3, -0.25) is 0 Å². The van der Waals surface area contributed by atoms with Crippen LogP contribution in [0.5, 0.6) is 0 Å². The van der Waals surface area contributed by atoms with Crippen LogP contribution >= 0.6 is 0 Å². The highest BCUT2D eigenvalue weighted by Crippen LogP contribution is 2.00. The molecule has 0 aliphatic rings. The summed E-state index contributed by atoms with van der Waals surface area (Å²) in [5, 5.41) is 0. The van der Waals surface area contributed by atoms with Gasteiger partial charge in [-0.15, -0.1) is 0 Å². The van der Waals surface area contributed by atoms with Crippen molar-refractivity contribution in [2.24, 2.45) is 0 Å². The largest absolute Gasteiger partial charge is 0.344 e. The molecule has 2 nitrogen and oxygen atoms in total. The van der Waals surface area contributed by atoms with Gasteiger partial charge in [0.25, 0.3) is 0 Å². The highest BCUT2D eigenvalue weighted by atomic mass is 14.0. The van der Waals surface area contributed by atoms with E-state index < -0.39 is 0 Å². The van der Waals surface area contributed by atoms with Crippen LogP contribution in [0.25, 0.3) is 12.2 Å². The maximum absolute atomic E-state index is 3.02. The van der Waals surface area contributed by atoms with E-state index in [0.29, 0.717) is 0 Å². The molecule has 0 amide bonds. The number of hydrogen-bond donors (Lipinski definition) is 2. The molecule has 0 atom stereocenters. The molecule has 0 spiro atoms. The molecule has 0 aliphatic heterocycles. The molecule has 18 heavy (non-hydrogen) atoms. The molecule has 0 radical (unpaired) electrons. The molecule has 6 N–H and O–H groups in total. The van der Waals surface area contributed by atoms with Crippen molar-refractivity contribution in [1.29, 1.82) is 0 Å². The standard InChI is InChI=1S/C16H12.2H3N/c1-3-9-15(10-4-1)13-7-8-14-16-11-5-2-6-12-16;;/h1-6,9-14H;2*1H3. The Labute approximate surface area is 108 Å². The van der Waals surface area contributed by atoms with Crippen molar-refractivity contribution in [3.63, 3.8) is 0 Å². The first-order valence-corrected chi connectivity index (χ1v) is 5.23. The molecule has 0 unspecified atom stereocenters. The smallest absolute Gasteiger partial charge is 0.00427 e. The van der Waals surface area contributed by atoms with E-state index in [-0.39, 0.29) is 12.3 Å². The molecular formula is C16H18N2. The summed E-state index contributed by atoms with van der Waals surface area (Å²) < 4.78 is 0. The van der Waals surface area contributed by atoms with Crippen molar-refractivity contribution in [2.75, 3.05) is 0 Å². The van der Waals surface area contributed by atoms with Crippen LogP contribution in [-0.2, 0) is 0 Å². The Balaban J connectivity index is 0.00000144. The average Bonchev–Trinajstić information content (AvgIpc) is 2.37. The van der Waals surface area contributed by atoms with E-state index >= 15 is 0 Å². The predicted molar refractivity (Wildman–Crippen MR) is 78.9 cm³/mol. The summed E-state index contributed by atoms with van der Waals surface area (Å²) >= 11 is 0. The van der Waals surface area contributed by atoms with Gasteiger partial charge in [0.2, 0.25) is 0 Å². The first-order chi connectivity index (χ1) is 7.95. The lowest BCUT2D eigenvalue weighted by molar-refractivity contribution is 1.66.